The molecule has 0 bridgehead atoms. The van der Waals surface area contributed by atoms with Crippen molar-refractivity contribution in [2.24, 2.45) is 0 Å². The lowest BCUT2D eigenvalue weighted by Crippen LogP contribution is -2.11. The zero-order chi connectivity index (χ0) is 18.1. The molecule has 134 valence electrons. The van der Waals surface area contributed by atoms with E-state index in [0.29, 0.717) is 28.9 Å². The molecule has 0 amide bonds. The van der Waals surface area contributed by atoms with Crippen molar-refractivity contribution >= 4 is 40.5 Å². The van der Waals surface area contributed by atoms with Crippen LogP contribution in [0.25, 0.3) is 0 Å². The number of carbonyl (C=O) groups excluding carboxylic acids is 1. The van der Waals surface area contributed by atoms with Crippen LogP contribution in [0.15, 0.2) is 42.5 Å². The van der Waals surface area contributed by atoms with Gasteiger partial charge in [0.25, 0.3) is 0 Å². The molecule has 25 heavy (non-hydrogen) atoms. The summed E-state index contributed by atoms with van der Waals surface area (Å²) in [5.74, 6) is -0.267. The van der Waals surface area contributed by atoms with Crippen LogP contribution < -0.4 is 5.32 Å². The highest BCUT2D eigenvalue weighted by molar-refractivity contribution is 6.39. The summed E-state index contributed by atoms with van der Waals surface area (Å²) in [4.78, 5) is 12.1. The molecule has 2 aromatic carbocycles. The van der Waals surface area contributed by atoms with Gasteiger partial charge < -0.3 is 14.8 Å². The summed E-state index contributed by atoms with van der Waals surface area (Å²) in [7, 11) is 1.65. The van der Waals surface area contributed by atoms with Gasteiger partial charge in [0, 0.05) is 19.4 Å². The number of anilines is 2. The van der Waals surface area contributed by atoms with E-state index in [4.69, 9.17) is 32.7 Å². The van der Waals surface area contributed by atoms with E-state index < -0.39 is 0 Å². The van der Waals surface area contributed by atoms with Crippen molar-refractivity contribution in [2.75, 3.05) is 25.6 Å². The molecule has 4 nitrogen and oxygen atoms in total. The number of nitrogens with one attached hydrogen (secondary N) is 1. The Kier molecular flexibility index (Phi) is 8.06. The van der Waals surface area contributed by atoms with E-state index >= 15 is 0 Å². The van der Waals surface area contributed by atoms with E-state index in [1.807, 2.05) is 24.3 Å². The number of halogens is 2. The van der Waals surface area contributed by atoms with Gasteiger partial charge in [0.1, 0.15) is 0 Å². The molecular weight excluding hydrogens is 361 g/mol. The summed E-state index contributed by atoms with van der Waals surface area (Å²) in [6.45, 7) is 1.07. The molecule has 0 aliphatic heterocycles. The number of hydrogen-bond donors (Lipinski definition) is 1. The van der Waals surface area contributed by atoms with Crippen molar-refractivity contribution in [1.29, 1.82) is 0 Å². The van der Waals surface area contributed by atoms with Crippen molar-refractivity contribution in [3.05, 3.63) is 58.1 Å². The predicted molar refractivity (Wildman–Crippen MR) is 102 cm³/mol. The van der Waals surface area contributed by atoms with Crippen molar-refractivity contribution in [2.45, 2.75) is 19.3 Å². The third-order valence-corrected chi connectivity index (χ3v) is 4.21. The molecule has 0 aliphatic carbocycles. The first-order valence-electron chi connectivity index (χ1n) is 8.05. The molecule has 2 rings (SSSR count). The zero-order valence-electron chi connectivity index (χ0n) is 14.1. The molecule has 0 aromatic heterocycles. The first-order valence-corrected chi connectivity index (χ1v) is 8.81. The monoisotopic (exact) mass is 381 g/mol. The fraction of sp³-hybridized carbons (Fsp3) is 0.316. The Morgan fingerprint density at radius 3 is 2.40 bits per heavy atom. The van der Waals surface area contributed by atoms with E-state index in [-0.39, 0.29) is 12.4 Å². The van der Waals surface area contributed by atoms with Gasteiger partial charge in [-0.1, -0.05) is 47.5 Å². The largest absolute Gasteiger partial charge is 0.465 e. The lowest BCUT2D eigenvalue weighted by Gasteiger charge is -2.14. The molecule has 1 N–H and O–H groups in total. The van der Waals surface area contributed by atoms with Crippen molar-refractivity contribution in [3.8, 4) is 0 Å². The second kappa shape index (κ2) is 10.3. The van der Waals surface area contributed by atoms with Gasteiger partial charge in [-0.05, 0) is 36.6 Å². The van der Waals surface area contributed by atoms with Crippen LogP contribution in [-0.4, -0.2) is 26.3 Å². The lowest BCUT2D eigenvalue weighted by atomic mass is 10.1. The van der Waals surface area contributed by atoms with Crippen molar-refractivity contribution < 1.29 is 14.3 Å². The highest BCUT2D eigenvalue weighted by atomic mass is 35.5. The molecule has 6 heteroatoms. The maximum absolute atomic E-state index is 12.1. The molecule has 0 radical (unpaired) electrons. The summed E-state index contributed by atoms with van der Waals surface area (Å²) in [6, 6.07) is 12.8. The van der Waals surface area contributed by atoms with Gasteiger partial charge in [-0.25, -0.2) is 0 Å². The minimum atomic E-state index is -0.267. The van der Waals surface area contributed by atoms with E-state index in [1.165, 1.54) is 0 Å². The predicted octanol–water partition coefficient (Wildman–Crippen LogP) is 5.25. The number of ether oxygens (including phenoxy) is 2. The van der Waals surface area contributed by atoms with E-state index in [1.54, 1.807) is 25.3 Å². The highest BCUT2D eigenvalue weighted by Crippen LogP contribution is 2.33. The number of benzene rings is 2. The van der Waals surface area contributed by atoms with Crippen LogP contribution in [0.5, 0.6) is 0 Å². The van der Waals surface area contributed by atoms with Crippen LogP contribution in [0.1, 0.15) is 18.4 Å². The molecular formula is C19H21Cl2NO3. The topological polar surface area (TPSA) is 47.6 Å². The fourth-order valence-electron chi connectivity index (χ4n) is 2.29. The standard InChI is InChI=1S/C19H21Cl2NO3/c1-24-11-4-5-12-25-18(23)13-14-7-2-3-10-17(14)22-19-15(20)8-6-9-16(19)21/h2-3,6-10,22H,4-5,11-13H2,1H3. The van der Waals surface area contributed by atoms with E-state index in [2.05, 4.69) is 5.32 Å². The molecule has 0 fully saturated rings. The summed E-state index contributed by atoms with van der Waals surface area (Å²) in [6.07, 6.45) is 1.83. The number of hydrogen-bond acceptors (Lipinski definition) is 4. The van der Waals surface area contributed by atoms with Gasteiger partial charge in [-0.3, -0.25) is 4.79 Å². The average Bonchev–Trinajstić information content (AvgIpc) is 2.59. The maximum atomic E-state index is 12.1. The Bertz CT molecular complexity index is 687. The van der Waals surface area contributed by atoms with Crippen LogP contribution in [-0.2, 0) is 20.7 Å². The first kappa shape index (κ1) is 19.6. The first-order chi connectivity index (χ1) is 12.1. The van der Waals surface area contributed by atoms with Crippen molar-refractivity contribution in [1.82, 2.24) is 0 Å². The number of rotatable bonds is 9. The minimum Gasteiger partial charge on any atom is -0.465 e. The summed E-state index contributed by atoms with van der Waals surface area (Å²) in [5, 5.41) is 4.24. The Morgan fingerprint density at radius 1 is 1.00 bits per heavy atom. The van der Waals surface area contributed by atoms with E-state index in [9.17, 15) is 4.79 Å². The van der Waals surface area contributed by atoms with Gasteiger partial charge in [-0.2, -0.15) is 0 Å². The zero-order valence-corrected chi connectivity index (χ0v) is 15.6. The molecule has 0 aliphatic rings. The number of methoxy groups -OCH3 is 1. The van der Waals surface area contributed by atoms with Crippen molar-refractivity contribution in [3.63, 3.8) is 0 Å². The fourth-order valence-corrected chi connectivity index (χ4v) is 2.78. The summed E-state index contributed by atoms with van der Waals surface area (Å²) < 4.78 is 10.2. The minimum absolute atomic E-state index is 0.176. The Labute approximate surface area is 158 Å². The molecule has 0 saturated heterocycles. The molecule has 0 saturated carbocycles. The molecule has 0 heterocycles. The normalized spacial score (nSPS) is 10.5. The van der Waals surface area contributed by atoms with Crippen LogP contribution in [0.3, 0.4) is 0 Å². The summed E-state index contributed by atoms with van der Waals surface area (Å²) in [5.41, 5.74) is 2.21. The maximum Gasteiger partial charge on any atom is 0.310 e. The van der Waals surface area contributed by atoms with Gasteiger partial charge >= 0.3 is 5.97 Å². The number of esters is 1. The summed E-state index contributed by atoms with van der Waals surface area (Å²) >= 11 is 12.4. The van der Waals surface area contributed by atoms with Crippen LogP contribution in [0.2, 0.25) is 10.0 Å². The SMILES string of the molecule is COCCCCOC(=O)Cc1ccccc1Nc1c(Cl)cccc1Cl. The third kappa shape index (κ3) is 6.24. The second-order valence-electron chi connectivity index (χ2n) is 5.48. The Morgan fingerprint density at radius 2 is 1.68 bits per heavy atom. The lowest BCUT2D eigenvalue weighted by molar-refractivity contribution is -0.143. The molecule has 0 spiro atoms. The highest BCUT2D eigenvalue weighted by Gasteiger charge is 2.12. The van der Waals surface area contributed by atoms with Crippen LogP contribution in [0, 0.1) is 0 Å². The number of para-hydroxylation sites is 2. The smallest absolute Gasteiger partial charge is 0.310 e. The van der Waals surface area contributed by atoms with Crippen LogP contribution in [0.4, 0.5) is 11.4 Å². The molecule has 0 atom stereocenters. The number of unbranched alkanes of at least 4 members (excludes halogenated alkanes) is 1. The number of carbonyl (C=O) groups is 1. The second-order valence-corrected chi connectivity index (χ2v) is 6.29. The van der Waals surface area contributed by atoms with Gasteiger partial charge in [-0.15, -0.1) is 0 Å². The Hall–Kier alpha value is -1.75. The molecule has 0 unspecified atom stereocenters. The van der Waals surface area contributed by atoms with Gasteiger partial charge in [0.15, 0.2) is 0 Å². The van der Waals surface area contributed by atoms with Gasteiger partial charge in [0.2, 0.25) is 0 Å². The third-order valence-electron chi connectivity index (χ3n) is 3.58. The molecule has 2 aromatic rings. The van der Waals surface area contributed by atoms with Gasteiger partial charge in [0.05, 0.1) is 28.8 Å². The Balaban J connectivity index is 1.99. The average molecular weight is 382 g/mol. The van der Waals surface area contributed by atoms with E-state index in [0.717, 1.165) is 24.1 Å². The quantitative estimate of drug-likeness (QED) is 0.475. The van der Waals surface area contributed by atoms with Crippen LogP contribution >= 0.6 is 23.2 Å².